The number of rotatable bonds is 1. The molecule has 2 aromatic rings. The van der Waals surface area contributed by atoms with Crippen LogP contribution in [0.2, 0.25) is 0 Å². The van der Waals surface area contributed by atoms with Crippen molar-refractivity contribution in [3.05, 3.63) is 30.6 Å². The van der Waals surface area contributed by atoms with Gasteiger partial charge in [-0.05, 0) is 12.1 Å². The number of ether oxygens (including phenoxy) is 1. The standard InChI is InChI=1S/C12H13N2O6P/c15-10-11-9(5-18-21(16,17)20-11)19-12(10)14-6-13-7-3-1-2-4-8(7)14/h1-4,6,9-12,15H,5H2,(H,16,17)/t9?,10-,11?,12-/m1/s1. The summed E-state index contributed by atoms with van der Waals surface area (Å²) < 4.78 is 28.5. The summed E-state index contributed by atoms with van der Waals surface area (Å²) in [6.07, 6.45) is -1.76. The highest BCUT2D eigenvalue weighted by Gasteiger charge is 2.52. The van der Waals surface area contributed by atoms with Crippen LogP contribution in [0.1, 0.15) is 6.23 Å². The first kappa shape index (κ1) is 13.4. The normalized spacial score (nSPS) is 39.5. The van der Waals surface area contributed by atoms with Gasteiger partial charge in [0.2, 0.25) is 0 Å². The minimum absolute atomic E-state index is 0.0986. The lowest BCUT2D eigenvalue weighted by atomic mass is 10.1. The van der Waals surface area contributed by atoms with E-state index in [-0.39, 0.29) is 6.61 Å². The number of phosphoric acid groups is 1. The lowest BCUT2D eigenvalue weighted by Crippen LogP contribution is -2.39. The molecule has 1 aromatic heterocycles. The van der Waals surface area contributed by atoms with Gasteiger partial charge in [0.15, 0.2) is 6.23 Å². The SMILES string of the molecule is O=P1(O)OCC2O[C@@H](n3cnc4ccccc43)[C@H](O)C2O1. The summed E-state index contributed by atoms with van der Waals surface area (Å²) in [6, 6.07) is 7.43. The van der Waals surface area contributed by atoms with Crippen molar-refractivity contribution in [2.45, 2.75) is 24.5 Å². The number of imidazole rings is 1. The summed E-state index contributed by atoms with van der Waals surface area (Å²) in [4.78, 5) is 13.6. The molecule has 8 nitrogen and oxygen atoms in total. The van der Waals surface area contributed by atoms with E-state index in [0.717, 1.165) is 11.0 Å². The van der Waals surface area contributed by atoms with Crippen molar-refractivity contribution in [3.63, 3.8) is 0 Å². The molecule has 3 unspecified atom stereocenters. The molecule has 0 aliphatic carbocycles. The summed E-state index contributed by atoms with van der Waals surface area (Å²) in [5, 5.41) is 10.4. The van der Waals surface area contributed by atoms with Gasteiger partial charge >= 0.3 is 7.82 Å². The Balaban J connectivity index is 1.69. The maximum Gasteiger partial charge on any atom is 0.472 e. The van der Waals surface area contributed by atoms with Crippen LogP contribution in [0, 0.1) is 0 Å². The minimum Gasteiger partial charge on any atom is -0.386 e. The quantitative estimate of drug-likeness (QED) is 0.751. The molecule has 2 aliphatic heterocycles. The molecule has 2 saturated heterocycles. The van der Waals surface area contributed by atoms with Crippen LogP contribution >= 0.6 is 7.82 Å². The Kier molecular flexibility index (Phi) is 2.94. The monoisotopic (exact) mass is 312 g/mol. The van der Waals surface area contributed by atoms with Crippen LogP contribution in [0.15, 0.2) is 30.6 Å². The fourth-order valence-electron chi connectivity index (χ4n) is 2.75. The molecule has 21 heavy (non-hydrogen) atoms. The van der Waals surface area contributed by atoms with Crippen molar-refractivity contribution in [2.75, 3.05) is 6.61 Å². The van der Waals surface area contributed by atoms with Gasteiger partial charge < -0.3 is 19.3 Å². The van der Waals surface area contributed by atoms with E-state index in [1.165, 1.54) is 0 Å². The molecule has 0 bridgehead atoms. The zero-order chi connectivity index (χ0) is 14.6. The van der Waals surface area contributed by atoms with Crippen LogP contribution < -0.4 is 0 Å². The van der Waals surface area contributed by atoms with Crippen LogP contribution in [0.25, 0.3) is 11.0 Å². The molecule has 5 atom stereocenters. The van der Waals surface area contributed by atoms with Gasteiger partial charge in [-0.2, -0.15) is 0 Å². The van der Waals surface area contributed by atoms with Gasteiger partial charge in [0.25, 0.3) is 0 Å². The first-order valence-corrected chi connectivity index (χ1v) is 7.95. The molecule has 4 rings (SSSR count). The van der Waals surface area contributed by atoms with Crippen LogP contribution in [-0.4, -0.2) is 44.5 Å². The molecular weight excluding hydrogens is 299 g/mol. The fraction of sp³-hybridized carbons (Fsp3) is 0.417. The maximum atomic E-state index is 11.5. The number of benzene rings is 1. The van der Waals surface area contributed by atoms with Crippen LogP contribution in [0.3, 0.4) is 0 Å². The molecule has 0 radical (unpaired) electrons. The Hall–Kier alpha value is -1.28. The lowest BCUT2D eigenvalue weighted by Gasteiger charge is -2.27. The van der Waals surface area contributed by atoms with Gasteiger partial charge in [0.1, 0.15) is 18.3 Å². The number of nitrogens with zero attached hydrogens (tertiary/aromatic N) is 2. The third kappa shape index (κ3) is 2.12. The number of fused-ring (bicyclic) bond motifs is 2. The Morgan fingerprint density at radius 2 is 2.19 bits per heavy atom. The van der Waals surface area contributed by atoms with Crippen molar-refractivity contribution in [2.24, 2.45) is 0 Å². The molecule has 2 N–H and O–H groups in total. The summed E-state index contributed by atoms with van der Waals surface area (Å²) >= 11 is 0. The zero-order valence-electron chi connectivity index (χ0n) is 10.8. The Labute approximate surface area is 119 Å². The largest absolute Gasteiger partial charge is 0.472 e. The predicted molar refractivity (Wildman–Crippen MR) is 70.3 cm³/mol. The van der Waals surface area contributed by atoms with Crippen molar-refractivity contribution < 1.29 is 28.3 Å². The molecule has 112 valence electrons. The van der Waals surface area contributed by atoms with Gasteiger partial charge in [-0.3, -0.25) is 9.05 Å². The third-order valence-electron chi connectivity index (χ3n) is 3.72. The molecule has 0 amide bonds. The number of hydrogen-bond donors (Lipinski definition) is 2. The number of aliphatic hydroxyl groups excluding tert-OH is 1. The predicted octanol–water partition coefficient (Wildman–Crippen LogP) is 0.810. The maximum absolute atomic E-state index is 11.5. The van der Waals surface area contributed by atoms with Gasteiger partial charge in [-0.15, -0.1) is 0 Å². The van der Waals surface area contributed by atoms with E-state index in [0.29, 0.717) is 0 Å². The van der Waals surface area contributed by atoms with Gasteiger partial charge in [-0.1, -0.05) is 12.1 Å². The second-order valence-electron chi connectivity index (χ2n) is 5.03. The average molecular weight is 312 g/mol. The number of aromatic nitrogens is 2. The highest BCUT2D eigenvalue weighted by Crippen LogP contribution is 2.52. The Morgan fingerprint density at radius 3 is 3.05 bits per heavy atom. The molecule has 3 heterocycles. The Morgan fingerprint density at radius 1 is 1.38 bits per heavy atom. The molecule has 1 aromatic carbocycles. The Bertz CT molecular complexity index is 733. The molecule has 0 spiro atoms. The third-order valence-corrected chi connectivity index (χ3v) is 4.71. The second kappa shape index (κ2) is 4.61. The zero-order valence-corrected chi connectivity index (χ0v) is 11.7. The van der Waals surface area contributed by atoms with E-state index in [2.05, 4.69) is 4.98 Å². The molecule has 2 aliphatic rings. The lowest BCUT2D eigenvalue weighted by molar-refractivity contribution is -0.0663. The van der Waals surface area contributed by atoms with E-state index < -0.39 is 32.4 Å². The first-order chi connectivity index (χ1) is 10.1. The van der Waals surface area contributed by atoms with Crippen LogP contribution in [-0.2, 0) is 18.3 Å². The summed E-state index contributed by atoms with van der Waals surface area (Å²) in [7, 11) is -4.11. The van der Waals surface area contributed by atoms with E-state index >= 15 is 0 Å². The topological polar surface area (TPSA) is 103 Å². The number of phosphoric ester groups is 1. The van der Waals surface area contributed by atoms with E-state index in [4.69, 9.17) is 13.8 Å². The summed E-state index contributed by atoms with van der Waals surface area (Å²) in [5.74, 6) is 0. The van der Waals surface area contributed by atoms with Crippen LogP contribution in [0.4, 0.5) is 0 Å². The van der Waals surface area contributed by atoms with Gasteiger partial charge in [0.05, 0.1) is 24.0 Å². The van der Waals surface area contributed by atoms with Crippen LogP contribution in [0.5, 0.6) is 0 Å². The fourth-order valence-corrected chi connectivity index (χ4v) is 3.71. The first-order valence-electron chi connectivity index (χ1n) is 6.46. The second-order valence-corrected chi connectivity index (χ2v) is 6.44. The number of hydrogen-bond acceptors (Lipinski definition) is 6. The van der Waals surface area contributed by atoms with Gasteiger partial charge in [0, 0.05) is 0 Å². The molecule has 2 fully saturated rings. The number of para-hydroxylation sites is 2. The van der Waals surface area contributed by atoms with E-state index in [1.807, 2.05) is 24.3 Å². The summed E-state index contributed by atoms with van der Waals surface area (Å²) in [5.41, 5.74) is 1.57. The minimum atomic E-state index is -4.11. The molecule has 9 heteroatoms. The smallest absolute Gasteiger partial charge is 0.386 e. The van der Waals surface area contributed by atoms with Crippen molar-refractivity contribution >= 4 is 18.9 Å². The van der Waals surface area contributed by atoms with Crippen molar-refractivity contribution in [1.29, 1.82) is 0 Å². The number of aliphatic hydroxyl groups is 1. The van der Waals surface area contributed by atoms with Crippen molar-refractivity contribution in [3.8, 4) is 0 Å². The van der Waals surface area contributed by atoms with Gasteiger partial charge in [-0.25, -0.2) is 9.55 Å². The van der Waals surface area contributed by atoms with E-state index in [9.17, 15) is 14.6 Å². The molecular formula is C12H13N2O6P. The average Bonchev–Trinajstić information content (AvgIpc) is 3.00. The van der Waals surface area contributed by atoms with E-state index in [1.54, 1.807) is 10.9 Å². The highest BCUT2D eigenvalue weighted by atomic mass is 31.2. The summed E-state index contributed by atoms with van der Waals surface area (Å²) in [6.45, 7) is -0.0986. The molecule has 0 saturated carbocycles. The highest BCUT2D eigenvalue weighted by molar-refractivity contribution is 7.47. The van der Waals surface area contributed by atoms with Crippen molar-refractivity contribution in [1.82, 2.24) is 9.55 Å².